The van der Waals surface area contributed by atoms with Gasteiger partial charge >= 0.3 is 0 Å². The molecule has 0 spiro atoms. The molecule has 0 aliphatic carbocycles. The second-order valence-electron chi connectivity index (χ2n) is 4.93. The predicted molar refractivity (Wildman–Crippen MR) is 76.1 cm³/mol. The number of hydrogen-bond acceptors (Lipinski definition) is 3. The minimum atomic E-state index is 0.216. The Morgan fingerprint density at radius 2 is 1.95 bits per heavy atom. The van der Waals surface area contributed by atoms with Crippen LogP contribution in [-0.4, -0.2) is 16.3 Å². The number of aromatic amines is 1. The SMILES string of the molecule is Cc1[nH]ncc1CNCc1ccc(OC(C)C)cc1. The number of nitrogens with zero attached hydrogens (tertiary/aromatic N) is 1. The minimum absolute atomic E-state index is 0.216. The predicted octanol–water partition coefficient (Wildman–Crippen LogP) is 2.80. The summed E-state index contributed by atoms with van der Waals surface area (Å²) in [5.41, 5.74) is 3.57. The average Bonchev–Trinajstić information content (AvgIpc) is 2.77. The smallest absolute Gasteiger partial charge is 0.119 e. The van der Waals surface area contributed by atoms with Crippen LogP contribution in [0.4, 0.5) is 0 Å². The maximum absolute atomic E-state index is 5.62. The lowest BCUT2D eigenvalue weighted by atomic mass is 10.2. The summed E-state index contributed by atoms with van der Waals surface area (Å²) in [6, 6.07) is 8.21. The Bertz CT molecular complexity index is 502. The Labute approximate surface area is 114 Å². The molecule has 0 atom stereocenters. The molecule has 0 saturated heterocycles. The molecule has 4 nitrogen and oxygen atoms in total. The molecule has 0 aliphatic heterocycles. The molecule has 2 rings (SSSR count). The number of hydrogen-bond donors (Lipinski definition) is 2. The van der Waals surface area contributed by atoms with Gasteiger partial charge in [0, 0.05) is 24.3 Å². The number of aromatic nitrogens is 2. The molecular weight excluding hydrogens is 238 g/mol. The lowest BCUT2D eigenvalue weighted by molar-refractivity contribution is 0.242. The summed E-state index contributed by atoms with van der Waals surface area (Å²) in [6.07, 6.45) is 2.08. The first-order valence-electron chi connectivity index (χ1n) is 6.60. The van der Waals surface area contributed by atoms with E-state index < -0.39 is 0 Å². The van der Waals surface area contributed by atoms with Crippen LogP contribution in [0.1, 0.15) is 30.7 Å². The van der Waals surface area contributed by atoms with Crippen LogP contribution < -0.4 is 10.1 Å². The van der Waals surface area contributed by atoms with Crippen molar-refractivity contribution in [2.75, 3.05) is 0 Å². The van der Waals surface area contributed by atoms with Crippen molar-refractivity contribution >= 4 is 0 Å². The zero-order valence-electron chi connectivity index (χ0n) is 11.7. The van der Waals surface area contributed by atoms with E-state index in [2.05, 4.69) is 27.6 Å². The molecular formula is C15H21N3O. The van der Waals surface area contributed by atoms with Crippen molar-refractivity contribution in [2.45, 2.75) is 40.0 Å². The molecule has 1 heterocycles. The van der Waals surface area contributed by atoms with Crippen molar-refractivity contribution in [3.05, 3.63) is 47.3 Å². The van der Waals surface area contributed by atoms with Gasteiger partial charge in [-0.1, -0.05) is 12.1 Å². The Kier molecular flexibility index (Phi) is 4.58. The number of rotatable bonds is 6. The van der Waals surface area contributed by atoms with Gasteiger partial charge in [0.05, 0.1) is 12.3 Å². The van der Waals surface area contributed by atoms with Crippen LogP contribution in [0.25, 0.3) is 0 Å². The second kappa shape index (κ2) is 6.38. The summed E-state index contributed by atoms with van der Waals surface area (Å²) in [5, 5.41) is 10.3. The molecule has 1 aromatic carbocycles. The molecule has 0 aliphatic rings. The fraction of sp³-hybridized carbons (Fsp3) is 0.400. The third-order valence-electron chi connectivity index (χ3n) is 2.87. The van der Waals surface area contributed by atoms with Crippen molar-refractivity contribution in [1.29, 1.82) is 0 Å². The van der Waals surface area contributed by atoms with Gasteiger partial charge in [-0.3, -0.25) is 5.10 Å². The molecule has 2 aromatic rings. The Hall–Kier alpha value is -1.81. The average molecular weight is 259 g/mol. The first kappa shape index (κ1) is 13.6. The Morgan fingerprint density at radius 1 is 1.21 bits per heavy atom. The van der Waals surface area contributed by atoms with Crippen molar-refractivity contribution in [3.8, 4) is 5.75 Å². The van der Waals surface area contributed by atoms with Gasteiger partial charge in [-0.15, -0.1) is 0 Å². The maximum atomic E-state index is 5.62. The van der Waals surface area contributed by atoms with Gasteiger partial charge in [-0.25, -0.2) is 0 Å². The van der Waals surface area contributed by atoms with Crippen molar-refractivity contribution in [1.82, 2.24) is 15.5 Å². The normalized spacial score (nSPS) is 10.9. The van der Waals surface area contributed by atoms with E-state index >= 15 is 0 Å². The summed E-state index contributed by atoms with van der Waals surface area (Å²) in [5.74, 6) is 0.921. The van der Waals surface area contributed by atoms with Crippen LogP contribution in [0, 0.1) is 6.92 Å². The zero-order valence-corrected chi connectivity index (χ0v) is 11.7. The quantitative estimate of drug-likeness (QED) is 0.838. The highest BCUT2D eigenvalue weighted by atomic mass is 16.5. The lowest BCUT2D eigenvalue weighted by Crippen LogP contribution is -2.13. The van der Waals surface area contributed by atoms with E-state index in [4.69, 9.17) is 4.74 Å². The molecule has 102 valence electrons. The molecule has 0 radical (unpaired) electrons. The third-order valence-corrected chi connectivity index (χ3v) is 2.87. The van der Waals surface area contributed by atoms with E-state index in [1.165, 1.54) is 11.1 Å². The van der Waals surface area contributed by atoms with Gasteiger partial charge < -0.3 is 10.1 Å². The summed E-state index contributed by atoms with van der Waals surface area (Å²) in [4.78, 5) is 0. The molecule has 2 N–H and O–H groups in total. The van der Waals surface area contributed by atoms with Crippen LogP contribution >= 0.6 is 0 Å². The summed E-state index contributed by atoms with van der Waals surface area (Å²) in [6.45, 7) is 7.76. The first-order chi connectivity index (χ1) is 9.15. The first-order valence-corrected chi connectivity index (χ1v) is 6.60. The van der Waals surface area contributed by atoms with E-state index in [-0.39, 0.29) is 6.10 Å². The largest absolute Gasteiger partial charge is 0.491 e. The van der Waals surface area contributed by atoms with Crippen molar-refractivity contribution in [3.63, 3.8) is 0 Å². The van der Waals surface area contributed by atoms with E-state index in [9.17, 15) is 0 Å². The zero-order chi connectivity index (χ0) is 13.7. The maximum Gasteiger partial charge on any atom is 0.119 e. The van der Waals surface area contributed by atoms with Crippen LogP contribution in [0.2, 0.25) is 0 Å². The van der Waals surface area contributed by atoms with Gasteiger partial charge in [0.25, 0.3) is 0 Å². The molecule has 19 heavy (non-hydrogen) atoms. The van der Waals surface area contributed by atoms with Gasteiger partial charge in [0.1, 0.15) is 5.75 Å². The number of ether oxygens (including phenoxy) is 1. The van der Waals surface area contributed by atoms with Crippen molar-refractivity contribution < 1.29 is 4.74 Å². The van der Waals surface area contributed by atoms with Crippen molar-refractivity contribution in [2.24, 2.45) is 0 Å². The number of nitrogens with one attached hydrogen (secondary N) is 2. The van der Waals surface area contributed by atoms with Crippen LogP contribution in [0.5, 0.6) is 5.75 Å². The summed E-state index contributed by atoms with van der Waals surface area (Å²) >= 11 is 0. The fourth-order valence-corrected chi connectivity index (χ4v) is 1.85. The molecule has 1 aromatic heterocycles. The summed E-state index contributed by atoms with van der Waals surface area (Å²) in [7, 11) is 0. The van der Waals surface area contributed by atoms with E-state index in [1.54, 1.807) is 0 Å². The van der Waals surface area contributed by atoms with Crippen LogP contribution in [-0.2, 0) is 13.1 Å². The highest BCUT2D eigenvalue weighted by molar-refractivity contribution is 5.27. The number of aryl methyl sites for hydroxylation is 1. The molecule has 0 saturated carbocycles. The fourth-order valence-electron chi connectivity index (χ4n) is 1.85. The monoisotopic (exact) mass is 259 g/mol. The van der Waals surface area contributed by atoms with E-state index in [0.717, 1.165) is 24.5 Å². The van der Waals surface area contributed by atoms with Crippen LogP contribution in [0.15, 0.2) is 30.5 Å². The third kappa shape index (κ3) is 4.10. The summed E-state index contributed by atoms with van der Waals surface area (Å²) < 4.78 is 5.62. The number of benzene rings is 1. The van der Waals surface area contributed by atoms with Gasteiger partial charge in [-0.2, -0.15) is 5.10 Å². The standard InChI is InChI=1S/C15H21N3O/c1-11(2)19-15-6-4-13(5-7-15)8-16-9-14-10-17-18-12(14)3/h4-7,10-11,16H,8-9H2,1-3H3,(H,17,18). The van der Waals surface area contributed by atoms with Gasteiger partial charge in [0.2, 0.25) is 0 Å². The Morgan fingerprint density at radius 3 is 2.53 bits per heavy atom. The van der Waals surface area contributed by atoms with Gasteiger partial charge in [0.15, 0.2) is 0 Å². The topological polar surface area (TPSA) is 49.9 Å². The van der Waals surface area contributed by atoms with E-state index in [1.807, 2.05) is 39.1 Å². The molecule has 0 fully saturated rings. The minimum Gasteiger partial charge on any atom is -0.491 e. The molecule has 0 amide bonds. The number of H-pyrrole nitrogens is 1. The molecule has 0 unspecified atom stereocenters. The second-order valence-corrected chi connectivity index (χ2v) is 4.93. The van der Waals surface area contributed by atoms with Crippen LogP contribution in [0.3, 0.4) is 0 Å². The van der Waals surface area contributed by atoms with E-state index in [0.29, 0.717) is 0 Å². The van der Waals surface area contributed by atoms with Gasteiger partial charge in [-0.05, 0) is 38.5 Å². The highest BCUT2D eigenvalue weighted by Gasteiger charge is 2.01. The lowest BCUT2D eigenvalue weighted by Gasteiger charge is -2.10. The molecule has 4 heteroatoms. The molecule has 0 bridgehead atoms. The Balaban J connectivity index is 1.81. The highest BCUT2D eigenvalue weighted by Crippen LogP contribution is 2.13.